The summed E-state index contributed by atoms with van der Waals surface area (Å²) in [6.07, 6.45) is 5.19. The number of carbonyl (C=O) groups excluding carboxylic acids is 1. The molecule has 1 fully saturated rings. The van der Waals surface area contributed by atoms with Crippen molar-refractivity contribution < 1.29 is 18.4 Å². The molecule has 6 rings (SSSR count). The normalized spacial score (nSPS) is 13.4. The number of likely N-dealkylation sites (tertiary alicyclic amines) is 1. The molecule has 0 saturated carbocycles. The number of benzene rings is 1. The number of aryl methyl sites for hydroxylation is 1. The van der Waals surface area contributed by atoms with Crippen LogP contribution >= 0.6 is 47.9 Å². The van der Waals surface area contributed by atoms with Gasteiger partial charge in [-0.25, -0.2) is 19.3 Å². The maximum atomic E-state index is 13.6. The molecule has 0 atom stereocenters. The summed E-state index contributed by atoms with van der Waals surface area (Å²) in [4.78, 5) is 31.8. The van der Waals surface area contributed by atoms with E-state index in [0.717, 1.165) is 52.5 Å². The molecular formula is C30H32Cl2FN7O3S2. The smallest absolute Gasteiger partial charge is 0.259 e. The fraction of sp³-hybridized carbons (Fsp3) is 0.300. The number of ether oxygens (including phenoxy) is 1. The molecule has 45 heavy (non-hydrogen) atoms. The number of thiazole rings is 1. The maximum absolute atomic E-state index is 13.6. The molecule has 10 nitrogen and oxygen atoms in total. The average Bonchev–Trinajstić information content (AvgIpc) is 3.62. The van der Waals surface area contributed by atoms with Gasteiger partial charge in [0.2, 0.25) is 5.91 Å². The number of carbonyl (C=O) groups is 1. The Morgan fingerprint density at radius 1 is 1.18 bits per heavy atom. The third-order valence-corrected chi connectivity index (χ3v) is 8.87. The molecule has 1 aromatic carbocycles. The van der Waals surface area contributed by atoms with Crippen molar-refractivity contribution in [3.05, 3.63) is 71.4 Å². The molecule has 0 aliphatic carbocycles. The number of hydrogen-bond donors (Lipinski definition) is 1. The number of pyridine rings is 2. The second-order valence-corrected chi connectivity index (χ2v) is 12.5. The largest absolute Gasteiger partial charge is 0.453 e. The van der Waals surface area contributed by atoms with Gasteiger partial charge >= 0.3 is 0 Å². The van der Waals surface area contributed by atoms with Crippen LogP contribution in [0.4, 0.5) is 15.3 Å². The third kappa shape index (κ3) is 8.22. The van der Waals surface area contributed by atoms with Gasteiger partial charge in [-0.05, 0) is 64.2 Å². The number of nitrogens with zero attached hydrogens (tertiary/aromatic N) is 6. The van der Waals surface area contributed by atoms with Crippen molar-refractivity contribution in [3.8, 4) is 11.5 Å². The second-order valence-electron chi connectivity index (χ2n) is 10.5. The topological polar surface area (TPSA) is 110 Å². The van der Waals surface area contributed by atoms with E-state index in [1.54, 1.807) is 24.5 Å². The van der Waals surface area contributed by atoms with Gasteiger partial charge in [0.05, 0.1) is 23.3 Å². The molecule has 0 radical (unpaired) electrons. The Morgan fingerprint density at radius 3 is 2.67 bits per heavy atom. The molecule has 4 aromatic heterocycles. The lowest BCUT2D eigenvalue weighted by atomic mass is 9.94. The zero-order chi connectivity index (χ0) is 29.9. The quantitative estimate of drug-likeness (QED) is 0.169. The van der Waals surface area contributed by atoms with Crippen molar-refractivity contribution in [2.45, 2.75) is 35.5 Å². The molecule has 1 aliphatic rings. The van der Waals surface area contributed by atoms with Gasteiger partial charge in [0.25, 0.3) is 5.71 Å². The predicted octanol–water partition coefficient (Wildman–Crippen LogP) is 7.32. The van der Waals surface area contributed by atoms with Crippen LogP contribution in [0.1, 0.15) is 30.1 Å². The summed E-state index contributed by atoms with van der Waals surface area (Å²) in [6.45, 7) is 3.76. The number of hydrogen-bond acceptors (Lipinski definition) is 11. The lowest BCUT2D eigenvalue weighted by Crippen LogP contribution is -2.42. The molecule has 238 valence electrons. The number of halogens is 3. The Kier molecular flexibility index (Phi) is 11.6. The van der Waals surface area contributed by atoms with Crippen LogP contribution in [-0.4, -0.2) is 69.5 Å². The molecule has 1 N–H and O–H groups in total. The van der Waals surface area contributed by atoms with Crippen LogP contribution in [-0.2, 0) is 4.79 Å². The van der Waals surface area contributed by atoms with E-state index in [2.05, 4.69) is 25.8 Å². The monoisotopic (exact) mass is 691 g/mol. The Bertz CT molecular complexity index is 1750. The minimum Gasteiger partial charge on any atom is -0.453 e. The lowest BCUT2D eigenvalue weighted by Gasteiger charge is -2.32. The first kappa shape index (κ1) is 34.4. The fourth-order valence-electron chi connectivity index (χ4n) is 4.91. The van der Waals surface area contributed by atoms with Gasteiger partial charge in [-0.3, -0.25) is 4.79 Å². The fourth-order valence-corrected chi connectivity index (χ4v) is 6.69. The van der Waals surface area contributed by atoms with Gasteiger partial charge in [-0.15, -0.1) is 36.2 Å². The number of anilines is 2. The number of likely N-dealkylation sites (N-methyl/N-ethyl adjacent to an activating group) is 1. The first-order chi connectivity index (χ1) is 20.8. The summed E-state index contributed by atoms with van der Waals surface area (Å²) >= 11 is 2.99. The van der Waals surface area contributed by atoms with Gasteiger partial charge in [0.1, 0.15) is 11.6 Å². The van der Waals surface area contributed by atoms with Crippen LogP contribution in [0.5, 0.6) is 11.5 Å². The van der Waals surface area contributed by atoms with E-state index in [-0.39, 0.29) is 42.5 Å². The van der Waals surface area contributed by atoms with E-state index in [9.17, 15) is 9.18 Å². The third-order valence-electron chi connectivity index (χ3n) is 7.07. The van der Waals surface area contributed by atoms with Crippen molar-refractivity contribution in [2.75, 3.05) is 39.0 Å². The van der Waals surface area contributed by atoms with Crippen LogP contribution in [0.25, 0.3) is 11.1 Å². The van der Waals surface area contributed by atoms with Gasteiger partial charge in [-0.1, -0.05) is 16.9 Å². The molecule has 1 saturated heterocycles. The Balaban J connectivity index is 0.00000230. The minimum atomic E-state index is -0.345. The molecular weight excluding hydrogens is 660 g/mol. The van der Waals surface area contributed by atoms with Gasteiger partial charge in [0.15, 0.2) is 16.7 Å². The summed E-state index contributed by atoms with van der Waals surface area (Å²) in [5, 5.41) is 11.0. The highest BCUT2D eigenvalue weighted by Gasteiger charge is 2.26. The van der Waals surface area contributed by atoms with Crippen LogP contribution in [0.3, 0.4) is 0 Å². The number of aromatic nitrogens is 4. The van der Waals surface area contributed by atoms with E-state index >= 15 is 0 Å². The molecule has 1 aliphatic heterocycles. The second kappa shape index (κ2) is 15.2. The highest BCUT2D eigenvalue weighted by Crippen LogP contribution is 2.39. The average molecular weight is 693 g/mol. The van der Waals surface area contributed by atoms with Gasteiger partial charge in [0, 0.05) is 52.6 Å². The van der Waals surface area contributed by atoms with Crippen LogP contribution in [0.2, 0.25) is 0 Å². The van der Waals surface area contributed by atoms with Crippen molar-refractivity contribution in [3.63, 3.8) is 0 Å². The minimum absolute atomic E-state index is 0. The van der Waals surface area contributed by atoms with E-state index in [1.807, 2.05) is 43.0 Å². The number of amides is 1. The van der Waals surface area contributed by atoms with E-state index in [4.69, 9.17) is 14.2 Å². The summed E-state index contributed by atoms with van der Waals surface area (Å²) in [7, 11) is 3.81. The Labute approximate surface area is 280 Å². The maximum Gasteiger partial charge on any atom is 0.259 e. The first-order valence-corrected chi connectivity index (χ1v) is 15.5. The summed E-state index contributed by atoms with van der Waals surface area (Å²) in [5.41, 5.74) is 2.23. The molecule has 15 heteroatoms. The summed E-state index contributed by atoms with van der Waals surface area (Å²) in [5.74, 6) is 1.53. The molecule has 5 heterocycles. The standard InChI is InChI=1S/C30H30FN7O3S2.2ClH/c1-18-27-25(8-11-32-29(27)41-36-18)43-22-14-24(40-21-6-4-20(31)5-7-21)28(33-15-22)35-30-34-23(17-42-30)19-9-12-38(13-10-19)26(39)16-37(2)3;;/h4-8,11,14-15,17,19H,9-10,12-13,16H2,1-3H3,(H,33,34,35);2*1H. The van der Waals surface area contributed by atoms with E-state index < -0.39 is 0 Å². The summed E-state index contributed by atoms with van der Waals surface area (Å²) in [6, 6.07) is 9.63. The van der Waals surface area contributed by atoms with Crippen molar-refractivity contribution in [2.24, 2.45) is 0 Å². The molecule has 0 bridgehead atoms. The molecule has 0 unspecified atom stereocenters. The highest BCUT2D eigenvalue weighted by molar-refractivity contribution is 7.99. The SMILES string of the molecule is Cc1noc2nccc(Sc3cnc(Nc4nc(C5CCN(C(=O)CN(C)C)CC5)cs4)c(Oc4ccc(F)cc4)c3)c12.Cl.Cl. The van der Waals surface area contributed by atoms with E-state index in [0.29, 0.717) is 34.7 Å². The summed E-state index contributed by atoms with van der Waals surface area (Å²) < 4.78 is 25.1. The number of nitrogens with one attached hydrogen (secondary N) is 1. The van der Waals surface area contributed by atoms with Crippen molar-refractivity contribution >= 4 is 75.9 Å². The number of rotatable bonds is 9. The number of piperidine rings is 1. The zero-order valence-electron chi connectivity index (χ0n) is 24.7. The van der Waals surface area contributed by atoms with Crippen LogP contribution in [0, 0.1) is 12.7 Å². The lowest BCUT2D eigenvalue weighted by molar-refractivity contribution is -0.132. The molecule has 1 amide bonds. The first-order valence-electron chi connectivity index (χ1n) is 13.8. The van der Waals surface area contributed by atoms with Gasteiger partial charge < -0.3 is 24.4 Å². The van der Waals surface area contributed by atoms with E-state index in [1.165, 1.54) is 35.2 Å². The van der Waals surface area contributed by atoms with Crippen molar-refractivity contribution in [1.82, 2.24) is 29.9 Å². The van der Waals surface area contributed by atoms with Crippen LogP contribution < -0.4 is 10.1 Å². The van der Waals surface area contributed by atoms with Crippen molar-refractivity contribution in [1.29, 1.82) is 0 Å². The van der Waals surface area contributed by atoms with Gasteiger partial charge in [-0.2, -0.15) is 0 Å². The number of fused-ring (bicyclic) bond motifs is 1. The molecule has 5 aromatic rings. The highest BCUT2D eigenvalue weighted by atomic mass is 35.5. The van der Waals surface area contributed by atoms with Crippen LogP contribution in [0.15, 0.2) is 68.5 Å². The predicted molar refractivity (Wildman–Crippen MR) is 178 cm³/mol. The zero-order valence-corrected chi connectivity index (χ0v) is 28.0. The Hall–Kier alpha value is -3.49. The Morgan fingerprint density at radius 2 is 1.93 bits per heavy atom. The molecule has 0 spiro atoms.